The van der Waals surface area contributed by atoms with Gasteiger partial charge >= 0.3 is 0 Å². The summed E-state index contributed by atoms with van der Waals surface area (Å²) < 4.78 is 0. The van der Waals surface area contributed by atoms with Crippen molar-refractivity contribution >= 4 is 22.7 Å². The van der Waals surface area contributed by atoms with Gasteiger partial charge in [0.05, 0.1) is 0 Å². The highest BCUT2D eigenvalue weighted by Crippen LogP contribution is 2.21. The minimum atomic E-state index is 0.278. The fourth-order valence-electron chi connectivity index (χ4n) is 1.09. The van der Waals surface area contributed by atoms with Crippen LogP contribution in [0, 0.1) is 0 Å². The van der Waals surface area contributed by atoms with Crippen LogP contribution in [0.1, 0.15) is 0 Å². The van der Waals surface area contributed by atoms with E-state index in [1.54, 1.807) is 23.5 Å². The fourth-order valence-corrected chi connectivity index (χ4v) is 1.67. The van der Waals surface area contributed by atoms with Crippen LogP contribution in [-0.4, -0.2) is 5.11 Å². The molecule has 2 N–H and O–H groups in total. The molecule has 1 heterocycles. The van der Waals surface area contributed by atoms with Crippen molar-refractivity contribution in [1.82, 2.24) is 0 Å². The molecule has 0 aliphatic rings. The number of hydrogen-bond acceptors (Lipinski definition) is 3. The van der Waals surface area contributed by atoms with E-state index in [2.05, 4.69) is 5.32 Å². The maximum absolute atomic E-state index is 9.20. The van der Waals surface area contributed by atoms with Gasteiger partial charge in [-0.2, -0.15) is 11.3 Å². The summed E-state index contributed by atoms with van der Waals surface area (Å²) in [7, 11) is 0. The number of hydrogen-bond donors (Lipinski definition) is 2. The first kappa shape index (κ1) is 8.13. The first-order valence-electron chi connectivity index (χ1n) is 3.93. The molecule has 1 aromatic carbocycles. The molecule has 0 aliphatic heterocycles. The van der Waals surface area contributed by atoms with Crippen LogP contribution in [0.4, 0.5) is 11.4 Å². The normalized spacial score (nSPS) is 9.85. The predicted octanol–water partition coefficient (Wildman–Crippen LogP) is 3.20. The van der Waals surface area contributed by atoms with Crippen molar-refractivity contribution in [2.75, 3.05) is 5.32 Å². The first-order valence-corrected chi connectivity index (χ1v) is 4.87. The molecule has 3 heteroatoms. The van der Waals surface area contributed by atoms with Gasteiger partial charge in [-0.25, -0.2) is 0 Å². The average molecular weight is 191 g/mol. The van der Waals surface area contributed by atoms with E-state index in [4.69, 9.17) is 0 Å². The van der Waals surface area contributed by atoms with E-state index >= 15 is 0 Å². The number of nitrogens with one attached hydrogen (secondary N) is 1. The second-order valence-corrected chi connectivity index (χ2v) is 3.47. The molecule has 1 aromatic heterocycles. The number of benzene rings is 1. The molecule has 2 rings (SSSR count). The summed E-state index contributed by atoms with van der Waals surface area (Å²) in [5.74, 6) is 0.278. The molecule has 0 atom stereocenters. The second-order valence-electron chi connectivity index (χ2n) is 2.69. The van der Waals surface area contributed by atoms with Crippen LogP contribution in [0.2, 0.25) is 0 Å². The molecule has 0 fully saturated rings. The Balaban J connectivity index is 2.19. The molecule has 0 spiro atoms. The van der Waals surface area contributed by atoms with E-state index in [0.717, 1.165) is 11.4 Å². The third-order valence-corrected chi connectivity index (χ3v) is 2.34. The van der Waals surface area contributed by atoms with Crippen LogP contribution < -0.4 is 5.32 Å². The van der Waals surface area contributed by atoms with Gasteiger partial charge in [0, 0.05) is 22.8 Å². The number of rotatable bonds is 2. The number of thiophene rings is 1. The maximum Gasteiger partial charge on any atom is 0.117 e. The smallest absolute Gasteiger partial charge is 0.117 e. The topological polar surface area (TPSA) is 32.3 Å². The van der Waals surface area contributed by atoms with E-state index in [-0.39, 0.29) is 5.75 Å². The van der Waals surface area contributed by atoms with Crippen LogP contribution in [0.3, 0.4) is 0 Å². The van der Waals surface area contributed by atoms with E-state index in [1.807, 2.05) is 29.0 Å². The summed E-state index contributed by atoms with van der Waals surface area (Å²) in [5, 5.41) is 16.4. The molecule has 0 saturated carbocycles. The molecule has 13 heavy (non-hydrogen) atoms. The summed E-state index contributed by atoms with van der Waals surface area (Å²) in [4.78, 5) is 0. The third kappa shape index (κ3) is 2.00. The lowest BCUT2D eigenvalue weighted by Gasteiger charge is -2.03. The van der Waals surface area contributed by atoms with Gasteiger partial charge in [-0.15, -0.1) is 0 Å². The van der Waals surface area contributed by atoms with Crippen molar-refractivity contribution in [3.05, 3.63) is 41.1 Å². The van der Waals surface area contributed by atoms with Gasteiger partial charge in [-0.3, -0.25) is 0 Å². The fraction of sp³-hybridized carbons (Fsp3) is 0. The Morgan fingerprint density at radius 3 is 2.77 bits per heavy atom. The van der Waals surface area contributed by atoms with Crippen molar-refractivity contribution < 1.29 is 5.11 Å². The lowest BCUT2D eigenvalue weighted by atomic mass is 10.3. The van der Waals surface area contributed by atoms with Gasteiger partial charge in [0.1, 0.15) is 5.75 Å². The van der Waals surface area contributed by atoms with Gasteiger partial charge in [-0.1, -0.05) is 6.07 Å². The van der Waals surface area contributed by atoms with Crippen LogP contribution >= 0.6 is 11.3 Å². The van der Waals surface area contributed by atoms with Gasteiger partial charge in [-0.05, 0) is 23.6 Å². The summed E-state index contributed by atoms with van der Waals surface area (Å²) in [6, 6.07) is 9.06. The molecule has 0 bridgehead atoms. The first-order chi connectivity index (χ1) is 6.34. The van der Waals surface area contributed by atoms with Gasteiger partial charge in [0.2, 0.25) is 0 Å². The van der Waals surface area contributed by atoms with Gasteiger partial charge < -0.3 is 10.4 Å². The Morgan fingerprint density at radius 2 is 2.08 bits per heavy atom. The van der Waals surface area contributed by atoms with Crippen LogP contribution in [-0.2, 0) is 0 Å². The summed E-state index contributed by atoms with van der Waals surface area (Å²) in [6.45, 7) is 0. The van der Waals surface area contributed by atoms with E-state index in [1.165, 1.54) is 0 Å². The Kier molecular flexibility index (Phi) is 2.19. The van der Waals surface area contributed by atoms with Crippen LogP contribution in [0.25, 0.3) is 0 Å². The molecule has 0 unspecified atom stereocenters. The van der Waals surface area contributed by atoms with E-state index < -0.39 is 0 Å². The second kappa shape index (κ2) is 3.49. The standard InChI is InChI=1S/C10H9NOS/c12-10-3-1-2-8(6-10)11-9-4-5-13-7-9/h1-7,11-12H. The lowest BCUT2D eigenvalue weighted by molar-refractivity contribution is 0.475. The zero-order valence-electron chi connectivity index (χ0n) is 6.90. The Labute approximate surface area is 80.5 Å². The number of phenols is 1. The Hall–Kier alpha value is -1.48. The molecule has 66 valence electrons. The Morgan fingerprint density at radius 1 is 1.15 bits per heavy atom. The monoisotopic (exact) mass is 191 g/mol. The van der Waals surface area contributed by atoms with E-state index in [9.17, 15) is 5.11 Å². The Bertz CT molecular complexity index is 384. The largest absolute Gasteiger partial charge is 0.508 e. The molecular weight excluding hydrogens is 182 g/mol. The SMILES string of the molecule is Oc1cccc(Nc2ccsc2)c1. The van der Waals surface area contributed by atoms with Crippen molar-refractivity contribution in [3.8, 4) is 5.75 Å². The van der Waals surface area contributed by atoms with Crippen molar-refractivity contribution in [2.45, 2.75) is 0 Å². The highest BCUT2D eigenvalue weighted by molar-refractivity contribution is 7.08. The van der Waals surface area contributed by atoms with E-state index in [0.29, 0.717) is 0 Å². The minimum absolute atomic E-state index is 0.278. The molecular formula is C10H9NOS. The average Bonchev–Trinajstić information content (AvgIpc) is 2.57. The van der Waals surface area contributed by atoms with Gasteiger partial charge in [0.25, 0.3) is 0 Å². The quantitative estimate of drug-likeness (QED) is 0.764. The molecule has 0 aliphatic carbocycles. The summed E-state index contributed by atoms with van der Waals surface area (Å²) in [5.41, 5.74) is 1.95. The maximum atomic E-state index is 9.20. The predicted molar refractivity (Wildman–Crippen MR) is 55.7 cm³/mol. The van der Waals surface area contributed by atoms with Crippen molar-refractivity contribution in [1.29, 1.82) is 0 Å². The highest BCUT2D eigenvalue weighted by atomic mass is 32.1. The highest BCUT2D eigenvalue weighted by Gasteiger charge is 1.94. The van der Waals surface area contributed by atoms with Crippen LogP contribution in [0.15, 0.2) is 41.1 Å². The third-order valence-electron chi connectivity index (χ3n) is 1.66. The van der Waals surface area contributed by atoms with Crippen molar-refractivity contribution in [3.63, 3.8) is 0 Å². The lowest BCUT2D eigenvalue weighted by Crippen LogP contribution is -1.86. The van der Waals surface area contributed by atoms with Crippen LogP contribution in [0.5, 0.6) is 5.75 Å². The van der Waals surface area contributed by atoms with Gasteiger partial charge in [0.15, 0.2) is 0 Å². The summed E-state index contributed by atoms with van der Waals surface area (Å²) >= 11 is 1.64. The molecule has 0 amide bonds. The zero-order chi connectivity index (χ0) is 9.10. The number of aromatic hydroxyl groups is 1. The zero-order valence-corrected chi connectivity index (χ0v) is 7.71. The molecule has 0 saturated heterocycles. The minimum Gasteiger partial charge on any atom is -0.508 e. The molecule has 2 nitrogen and oxygen atoms in total. The molecule has 0 radical (unpaired) electrons. The number of phenolic OH excluding ortho intramolecular Hbond substituents is 1. The summed E-state index contributed by atoms with van der Waals surface area (Å²) in [6.07, 6.45) is 0. The molecule has 2 aromatic rings. The van der Waals surface area contributed by atoms with Crippen molar-refractivity contribution in [2.24, 2.45) is 0 Å². The number of anilines is 2.